The molecule has 0 saturated carbocycles. The minimum atomic E-state index is -0.217. The Hall–Kier alpha value is -3.12. The van der Waals surface area contributed by atoms with Gasteiger partial charge in [0.15, 0.2) is 0 Å². The van der Waals surface area contributed by atoms with E-state index in [4.69, 9.17) is 4.74 Å². The fraction of sp³-hybridized carbons (Fsp3) is 0.385. The molecule has 2 aliphatic rings. The first-order valence-electron chi connectivity index (χ1n) is 11.4. The molecule has 0 radical (unpaired) electrons. The molecule has 0 bridgehead atoms. The topological polar surface area (TPSA) is 59.4 Å². The molecule has 2 aliphatic heterocycles. The molecule has 1 unspecified atom stereocenters. The highest BCUT2D eigenvalue weighted by atomic mass is 16.5. The predicted molar refractivity (Wildman–Crippen MR) is 124 cm³/mol. The van der Waals surface area contributed by atoms with Gasteiger partial charge in [-0.1, -0.05) is 48.5 Å². The number of rotatable bonds is 4. The van der Waals surface area contributed by atoms with E-state index in [1.54, 1.807) is 6.20 Å². The Bertz CT molecular complexity index is 1100. The Morgan fingerprint density at radius 3 is 2.62 bits per heavy atom. The average molecular weight is 431 g/mol. The molecule has 1 N–H and O–H groups in total. The average Bonchev–Trinajstić information content (AvgIpc) is 3.17. The largest absolute Gasteiger partial charge is 0.487 e. The van der Waals surface area contributed by atoms with E-state index in [1.807, 2.05) is 48.0 Å². The van der Waals surface area contributed by atoms with Crippen molar-refractivity contribution in [2.24, 2.45) is 0 Å². The van der Waals surface area contributed by atoms with Crippen LogP contribution in [0.1, 0.15) is 52.5 Å². The molecule has 1 amide bonds. The van der Waals surface area contributed by atoms with Crippen molar-refractivity contribution in [3.63, 3.8) is 0 Å². The van der Waals surface area contributed by atoms with Gasteiger partial charge >= 0.3 is 0 Å². The van der Waals surface area contributed by atoms with Crippen LogP contribution in [0.3, 0.4) is 0 Å². The van der Waals surface area contributed by atoms with Crippen LogP contribution in [-0.4, -0.2) is 46.3 Å². The van der Waals surface area contributed by atoms with Crippen molar-refractivity contribution < 1.29 is 9.53 Å². The lowest BCUT2D eigenvalue weighted by atomic mass is 9.80. The second-order valence-corrected chi connectivity index (χ2v) is 9.14. The summed E-state index contributed by atoms with van der Waals surface area (Å²) in [6.45, 7) is 4.63. The third-order valence-electron chi connectivity index (χ3n) is 6.92. The number of para-hydroxylation sites is 1. The maximum Gasteiger partial charge on any atom is 0.255 e. The highest BCUT2D eigenvalue weighted by Crippen LogP contribution is 2.44. The summed E-state index contributed by atoms with van der Waals surface area (Å²) in [5.41, 5.74) is 3.50. The monoisotopic (exact) mass is 430 g/mol. The number of hydrogen-bond donors (Lipinski definition) is 1. The summed E-state index contributed by atoms with van der Waals surface area (Å²) in [5.74, 6) is 0.816. The van der Waals surface area contributed by atoms with Crippen LogP contribution in [0.15, 0.2) is 60.8 Å². The lowest BCUT2D eigenvalue weighted by Gasteiger charge is -2.46. The number of benzene rings is 2. The molecular formula is C26H30N4O2. The number of aromatic nitrogens is 2. The van der Waals surface area contributed by atoms with Crippen LogP contribution in [0.5, 0.6) is 5.75 Å². The summed E-state index contributed by atoms with van der Waals surface area (Å²) in [6, 6.07) is 18.2. The van der Waals surface area contributed by atoms with Crippen LogP contribution in [0.25, 0.3) is 0 Å². The lowest BCUT2D eigenvalue weighted by Crippen LogP contribution is -2.51. The van der Waals surface area contributed by atoms with Gasteiger partial charge in [-0.15, -0.1) is 0 Å². The van der Waals surface area contributed by atoms with Gasteiger partial charge in [-0.25, -0.2) is 0 Å². The number of likely N-dealkylation sites (tertiary alicyclic amines) is 1. The summed E-state index contributed by atoms with van der Waals surface area (Å²) < 4.78 is 8.42. The van der Waals surface area contributed by atoms with Crippen LogP contribution in [0, 0.1) is 6.92 Å². The van der Waals surface area contributed by atoms with E-state index < -0.39 is 0 Å². The number of piperidine rings is 1. The fourth-order valence-corrected chi connectivity index (χ4v) is 4.90. The normalized spacial score (nSPS) is 19.9. The zero-order valence-corrected chi connectivity index (χ0v) is 18.8. The van der Waals surface area contributed by atoms with E-state index in [-0.39, 0.29) is 17.6 Å². The highest BCUT2D eigenvalue weighted by molar-refractivity contribution is 5.95. The number of carbonyl (C=O) groups is 1. The van der Waals surface area contributed by atoms with Crippen molar-refractivity contribution in [3.8, 4) is 5.75 Å². The summed E-state index contributed by atoms with van der Waals surface area (Å²) >= 11 is 0. The molecule has 6 heteroatoms. The second kappa shape index (κ2) is 8.43. The Morgan fingerprint density at radius 1 is 1.12 bits per heavy atom. The second-order valence-electron chi connectivity index (χ2n) is 9.14. The maximum atomic E-state index is 13.3. The summed E-state index contributed by atoms with van der Waals surface area (Å²) in [7, 11) is 2.15. The molecule has 0 aliphatic carbocycles. The zero-order valence-electron chi connectivity index (χ0n) is 18.8. The number of carbonyl (C=O) groups excluding carboxylic acids is 1. The highest BCUT2D eigenvalue weighted by Gasteiger charge is 2.43. The quantitative estimate of drug-likeness (QED) is 0.681. The minimum absolute atomic E-state index is 0.0762. The first-order chi connectivity index (χ1) is 15.5. The van der Waals surface area contributed by atoms with Gasteiger partial charge in [0, 0.05) is 30.8 Å². The van der Waals surface area contributed by atoms with Gasteiger partial charge in [-0.3, -0.25) is 9.48 Å². The smallest absolute Gasteiger partial charge is 0.255 e. The van der Waals surface area contributed by atoms with E-state index >= 15 is 0 Å². The van der Waals surface area contributed by atoms with Gasteiger partial charge in [0.05, 0.1) is 24.3 Å². The predicted octanol–water partition coefficient (Wildman–Crippen LogP) is 3.96. The molecule has 3 aromatic rings. The number of hydrogen-bond acceptors (Lipinski definition) is 4. The summed E-state index contributed by atoms with van der Waals surface area (Å²) in [4.78, 5) is 15.7. The van der Waals surface area contributed by atoms with E-state index in [1.165, 1.54) is 0 Å². The summed E-state index contributed by atoms with van der Waals surface area (Å²) in [5, 5.41) is 7.79. The molecule has 6 nitrogen and oxygen atoms in total. The van der Waals surface area contributed by atoms with Gasteiger partial charge in [0.2, 0.25) is 0 Å². The van der Waals surface area contributed by atoms with Crippen LogP contribution < -0.4 is 10.1 Å². The molecule has 166 valence electrons. The Balaban J connectivity index is 1.37. The van der Waals surface area contributed by atoms with Crippen LogP contribution >= 0.6 is 0 Å². The Morgan fingerprint density at radius 2 is 1.84 bits per heavy atom. The Kier molecular flexibility index (Phi) is 5.47. The fourth-order valence-electron chi connectivity index (χ4n) is 4.90. The van der Waals surface area contributed by atoms with E-state index in [9.17, 15) is 4.79 Å². The number of amides is 1. The maximum absolute atomic E-state index is 13.3. The third kappa shape index (κ3) is 4.02. The van der Waals surface area contributed by atoms with Crippen molar-refractivity contribution in [1.82, 2.24) is 20.0 Å². The van der Waals surface area contributed by atoms with Gasteiger partial charge in [0.1, 0.15) is 11.4 Å². The molecule has 1 saturated heterocycles. The first-order valence-corrected chi connectivity index (χ1v) is 11.4. The molecule has 1 atom stereocenters. The van der Waals surface area contributed by atoms with Crippen molar-refractivity contribution in [2.45, 2.75) is 44.4 Å². The van der Waals surface area contributed by atoms with Gasteiger partial charge in [-0.2, -0.15) is 5.10 Å². The Labute approximate surface area is 189 Å². The van der Waals surface area contributed by atoms with Crippen LogP contribution in [0.4, 0.5) is 0 Å². The van der Waals surface area contributed by atoms with Crippen molar-refractivity contribution in [3.05, 3.63) is 83.2 Å². The SMILES string of the molecule is Cc1c(C(=O)NC2CC3(CCN(C)CC3)Oc3ccccc32)cnn1Cc1ccccc1. The van der Waals surface area contributed by atoms with E-state index in [2.05, 4.69) is 40.6 Å². The molecule has 3 heterocycles. The zero-order chi connectivity index (χ0) is 22.1. The van der Waals surface area contributed by atoms with Gasteiger partial charge < -0.3 is 15.0 Å². The molecule has 5 rings (SSSR count). The standard InChI is InChI=1S/C26H30N4O2/c1-19-22(17-27-30(19)18-20-8-4-3-5-9-20)25(31)28-23-16-26(12-14-29(2)15-13-26)32-24-11-7-6-10-21(23)24/h3-11,17,23H,12-16,18H2,1-2H3,(H,28,31). The van der Waals surface area contributed by atoms with Gasteiger partial charge in [0.25, 0.3) is 5.91 Å². The molecule has 1 fully saturated rings. The van der Waals surface area contributed by atoms with Crippen molar-refractivity contribution in [1.29, 1.82) is 0 Å². The third-order valence-corrected chi connectivity index (χ3v) is 6.92. The first kappa shape index (κ1) is 20.8. The molecular weight excluding hydrogens is 400 g/mol. The molecule has 32 heavy (non-hydrogen) atoms. The van der Waals surface area contributed by atoms with Crippen LogP contribution in [-0.2, 0) is 6.54 Å². The lowest BCUT2D eigenvalue weighted by molar-refractivity contribution is -0.0195. The number of ether oxygens (including phenoxy) is 1. The number of nitrogens with one attached hydrogen (secondary N) is 1. The van der Waals surface area contributed by atoms with Crippen molar-refractivity contribution in [2.75, 3.05) is 20.1 Å². The van der Waals surface area contributed by atoms with Gasteiger partial charge in [-0.05, 0) is 38.4 Å². The molecule has 2 aromatic carbocycles. The summed E-state index contributed by atoms with van der Waals surface area (Å²) in [6.07, 6.45) is 4.42. The van der Waals surface area contributed by atoms with E-state index in [0.717, 1.165) is 54.9 Å². The van der Waals surface area contributed by atoms with Crippen molar-refractivity contribution >= 4 is 5.91 Å². The van der Waals surface area contributed by atoms with Crippen LogP contribution in [0.2, 0.25) is 0 Å². The minimum Gasteiger partial charge on any atom is -0.487 e. The van der Waals surface area contributed by atoms with E-state index in [0.29, 0.717) is 12.1 Å². The molecule has 1 spiro atoms. The number of nitrogens with zero attached hydrogens (tertiary/aromatic N) is 3. The number of fused-ring (bicyclic) bond motifs is 1. The molecule has 1 aromatic heterocycles.